The van der Waals surface area contributed by atoms with Crippen molar-refractivity contribution in [2.24, 2.45) is 7.05 Å². The van der Waals surface area contributed by atoms with E-state index in [-0.39, 0.29) is 5.91 Å². The average molecular weight is 323 g/mol. The summed E-state index contributed by atoms with van der Waals surface area (Å²) in [7, 11) is 1.75. The van der Waals surface area contributed by atoms with Crippen molar-refractivity contribution < 1.29 is 9.53 Å². The standard InChI is InChI=1S/C17H17N5O2/c1-3-24-15-10-5-4-9-14(15)18-17(23)13-8-6-7-12(11-13)16-19-20-21-22(16)2/h4-11H,3H2,1-2H3,(H,18,23). The Morgan fingerprint density at radius 1 is 1.21 bits per heavy atom. The first-order valence-electron chi connectivity index (χ1n) is 7.55. The van der Waals surface area contributed by atoms with E-state index in [0.29, 0.717) is 29.4 Å². The summed E-state index contributed by atoms with van der Waals surface area (Å²) in [6.07, 6.45) is 0. The molecule has 1 heterocycles. The largest absolute Gasteiger partial charge is 0.492 e. The summed E-state index contributed by atoms with van der Waals surface area (Å²) in [6, 6.07) is 14.5. The van der Waals surface area contributed by atoms with Crippen LogP contribution < -0.4 is 10.1 Å². The Morgan fingerprint density at radius 3 is 2.79 bits per heavy atom. The number of amides is 1. The van der Waals surface area contributed by atoms with Gasteiger partial charge in [0.25, 0.3) is 5.91 Å². The Morgan fingerprint density at radius 2 is 2.04 bits per heavy atom. The third-order valence-electron chi connectivity index (χ3n) is 3.44. The van der Waals surface area contributed by atoms with Crippen molar-refractivity contribution in [1.82, 2.24) is 20.2 Å². The molecule has 1 amide bonds. The van der Waals surface area contributed by atoms with Crippen molar-refractivity contribution in [3.8, 4) is 17.1 Å². The first-order chi connectivity index (χ1) is 11.7. The molecular formula is C17H17N5O2. The van der Waals surface area contributed by atoms with Crippen molar-refractivity contribution >= 4 is 11.6 Å². The van der Waals surface area contributed by atoms with Crippen LogP contribution in [0.25, 0.3) is 11.4 Å². The van der Waals surface area contributed by atoms with Crippen molar-refractivity contribution in [3.63, 3.8) is 0 Å². The van der Waals surface area contributed by atoms with E-state index in [1.54, 1.807) is 36.0 Å². The molecule has 0 aliphatic heterocycles. The van der Waals surface area contributed by atoms with Crippen LogP contribution in [0.2, 0.25) is 0 Å². The fraction of sp³-hybridized carbons (Fsp3) is 0.176. The number of hydrogen-bond acceptors (Lipinski definition) is 5. The van der Waals surface area contributed by atoms with Crippen LogP contribution in [0.5, 0.6) is 5.75 Å². The SMILES string of the molecule is CCOc1ccccc1NC(=O)c1cccc(-c2nnnn2C)c1. The molecule has 0 radical (unpaired) electrons. The maximum absolute atomic E-state index is 12.6. The maximum Gasteiger partial charge on any atom is 0.255 e. The number of para-hydroxylation sites is 2. The topological polar surface area (TPSA) is 81.9 Å². The molecule has 0 bridgehead atoms. The fourth-order valence-electron chi connectivity index (χ4n) is 2.32. The van der Waals surface area contributed by atoms with Gasteiger partial charge in [-0.3, -0.25) is 4.79 Å². The zero-order valence-corrected chi connectivity index (χ0v) is 13.4. The molecule has 0 aliphatic rings. The van der Waals surface area contributed by atoms with E-state index in [1.165, 1.54) is 0 Å². The van der Waals surface area contributed by atoms with Crippen LogP contribution in [-0.2, 0) is 7.05 Å². The monoisotopic (exact) mass is 323 g/mol. The number of hydrogen-bond donors (Lipinski definition) is 1. The van der Waals surface area contributed by atoms with Gasteiger partial charge in [0.1, 0.15) is 5.75 Å². The van der Waals surface area contributed by atoms with Gasteiger partial charge in [0.05, 0.1) is 12.3 Å². The molecule has 7 nitrogen and oxygen atoms in total. The van der Waals surface area contributed by atoms with Gasteiger partial charge in [-0.2, -0.15) is 0 Å². The summed E-state index contributed by atoms with van der Waals surface area (Å²) in [5.41, 5.74) is 1.92. The van der Waals surface area contributed by atoms with Gasteiger partial charge in [-0.05, 0) is 41.6 Å². The number of nitrogens with zero attached hydrogens (tertiary/aromatic N) is 4. The lowest BCUT2D eigenvalue weighted by molar-refractivity contribution is 0.102. The number of carbonyl (C=O) groups is 1. The number of anilines is 1. The van der Waals surface area contributed by atoms with Gasteiger partial charge in [0.2, 0.25) is 0 Å². The minimum Gasteiger partial charge on any atom is -0.492 e. The summed E-state index contributed by atoms with van der Waals surface area (Å²) in [5.74, 6) is 1.01. The van der Waals surface area contributed by atoms with E-state index in [9.17, 15) is 4.79 Å². The maximum atomic E-state index is 12.6. The van der Waals surface area contributed by atoms with E-state index < -0.39 is 0 Å². The number of tetrazole rings is 1. The van der Waals surface area contributed by atoms with Gasteiger partial charge in [-0.15, -0.1) is 5.10 Å². The second-order valence-corrected chi connectivity index (χ2v) is 5.09. The zero-order chi connectivity index (χ0) is 16.9. The van der Waals surface area contributed by atoms with Gasteiger partial charge < -0.3 is 10.1 Å². The lowest BCUT2D eigenvalue weighted by Crippen LogP contribution is -2.13. The van der Waals surface area contributed by atoms with E-state index >= 15 is 0 Å². The minimum absolute atomic E-state index is 0.223. The van der Waals surface area contributed by atoms with Crippen molar-refractivity contribution in [3.05, 3.63) is 54.1 Å². The molecule has 1 N–H and O–H groups in total. The lowest BCUT2D eigenvalue weighted by Gasteiger charge is -2.11. The molecule has 0 fully saturated rings. The first kappa shape index (κ1) is 15.7. The molecule has 2 aromatic carbocycles. The third-order valence-corrected chi connectivity index (χ3v) is 3.44. The summed E-state index contributed by atoms with van der Waals surface area (Å²) in [5, 5.41) is 14.3. The Labute approximate surface area is 139 Å². The van der Waals surface area contributed by atoms with Gasteiger partial charge in [0.15, 0.2) is 5.82 Å². The number of aryl methyl sites for hydroxylation is 1. The van der Waals surface area contributed by atoms with Gasteiger partial charge >= 0.3 is 0 Å². The molecule has 24 heavy (non-hydrogen) atoms. The quantitative estimate of drug-likeness (QED) is 0.780. The average Bonchev–Trinajstić information content (AvgIpc) is 3.03. The zero-order valence-electron chi connectivity index (χ0n) is 13.4. The number of rotatable bonds is 5. The summed E-state index contributed by atoms with van der Waals surface area (Å²) < 4.78 is 7.08. The molecule has 0 spiro atoms. The normalized spacial score (nSPS) is 10.4. The van der Waals surface area contributed by atoms with Gasteiger partial charge in [-0.25, -0.2) is 4.68 Å². The van der Waals surface area contributed by atoms with Crippen LogP contribution in [0.3, 0.4) is 0 Å². The number of benzene rings is 2. The van der Waals surface area contributed by atoms with Crippen LogP contribution in [0, 0.1) is 0 Å². The molecule has 3 aromatic rings. The van der Waals surface area contributed by atoms with Crippen molar-refractivity contribution in [2.45, 2.75) is 6.92 Å². The van der Waals surface area contributed by atoms with E-state index in [0.717, 1.165) is 5.56 Å². The predicted octanol–water partition coefficient (Wildman–Crippen LogP) is 2.53. The van der Waals surface area contributed by atoms with E-state index in [4.69, 9.17) is 4.74 Å². The molecule has 0 saturated carbocycles. The molecule has 122 valence electrons. The summed E-state index contributed by atoms with van der Waals surface area (Å²) in [4.78, 5) is 12.6. The first-order valence-corrected chi connectivity index (χ1v) is 7.55. The summed E-state index contributed by atoms with van der Waals surface area (Å²) >= 11 is 0. The highest BCUT2D eigenvalue weighted by Crippen LogP contribution is 2.25. The van der Waals surface area contributed by atoms with Crippen LogP contribution in [0.15, 0.2) is 48.5 Å². The molecule has 0 aliphatic carbocycles. The van der Waals surface area contributed by atoms with E-state index in [1.807, 2.05) is 31.2 Å². The molecule has 3 rings (SSSR count). The third kappa shape index (κ3) is 3.24. The molecular weight excluding hydrogens is 306 g/mol. The molecule has 0 unspecified atom stereocenters. The second-order valence-electron chi connectivity index (χ2n) is 5.09. The highest BCUT2D eigenvalue weighted by Gasteiger charge is 2.12. The Kier molecular flexibility index (Phi) is 4.51. The lowest BCUT2D eigenvalue weighted by atomic mass is 10.1. The van der Waals surface area contributed by atoms with Crippen LogP contribution in [0.1, 0.15) is 17.3 Å². The molecule has 7 heteroatoms. The van der Waals surface area contributed by atoms with Crippen LogP contribution in [-0.4, -0.2) is 32.7 Å². The van der Waals surface area contributed by atoms with Gasteiger partial charge in [0, 0.05) is 18.2 Å². The summed E-state index contributed by atoms with van der Waals surface area (Å²) in [6.45, 7) is 2.43. The number of carbonyl (C=O) groups excluding carboxylic acids is 1. The number of nitrogens with one attached hydrogen (secondary N) is 1. The van der Waals surface area contributed by atoms with Crippen LogP contribution >= 0.6 is 0 Å². The minimum atomic E-state index is -0.223. The van der Waals surface area contributed by atoms with Crippen LogP contribution in [0.4, 0.5) is 5.69 Å². The highest BCUT2D eigenvalue weighted by atomic mass is 16.5. The highest BCUT2D eigenvalue weighted by molar-refractivity contribution is 6.05. The Bertz CT molecular complexity index is 859. The van der Waals surface area contributed by atoms with Crippen molar-refractivity contribution in [1.29, 1.82) is 0 Å². The fourth-order valence-corrected chi connectivity index (χ4v) is 2.32. The van der Waals surface area contributed by atoms with Crippen molar-refractivity contribution in [2.75, 3.05) is 11.9 Å². The molecule has 0 saturated heterocycles. The number of ether oxygens (including phenoxy) is 1. The van der Waals surface area contributed by atoms with E-state index in [2.05, 4.69) is 20.8 Å². The Balaban J connectivity index is 1.85. The van der Waals surface area contributed by atoms with Gasteiger partial charge in [-0.1, -0.05) is 24.3 Å². The second kappa shape index (κ2) is 6.91. The Hall–Kier alpha value is -3.22. The molecule has 0 atom stereocenters. The smallest absolute Gasteiger partial charge is 0.255 e. The predicted molar refractivity (Wildman–Crippen MR) is 89.8 cm³/mol. The molecule has 1 aromatic heterocycles. The number of aromatic nitrogens is 4.